The summed E-state index contributed by atoms with van der Waals surface area (Å²) in [7, 11) is 0. The molecule has 0 aromatic heterocycles. The molecule has 3 rings (SSSR count). The van der Waals surface area contributed by atoms with Crippen LogP contribution in [0.25, 0.3) is 0 Å². The van der Waals surface area contributed by atoms with E-state index in [9.17, 15) is 0 Å². The van der Waals surface area contributed by atoms with Crippen molar-refractivity contribution in [3.8, 4) is 0 Å². The van der Waals surface area contributed by atoms with Gasteiger partial charge in [0.05, 0.1) is 0 Å². The zero-order valence-electron chi connectivity index (χ0n) is 9.91. The summed E-state index contributed by atoms with van der Waals surface area (Å²) < 4.78 is 0. The zero-order chi connectivity index (χ0) is 11.7. The summed E-state index contributed by atoms with van der Waals surface area (Å²) in [4.78, 5) is 0. The number of hydrogen-bond acceptors (Lipinski definition) is 1. The Hall–Kier alpha value is -1.09. The molecule has 0 bridgehead atoms. The van der Waals surface area contributed by atoms with E-state index in [4.69, 9.17) is 12.2 Å². The van der Waals surface area contributed by atoms with Crippen LogP contribution in [0.5, 0.6) is 0 Å². The molecule has 2 N–H and O–H groups in total. The normalized spacial score (nSPS) is 27.2. The second-order valence-electron chi connectivity index (χ2n) is 5.16. The van der Waals surface area contributed by atoms with Gasteiger partial charge in [-0.05, 0) is 54.9 Å². The quantitative estimate of drug-likeness (QED) is 0.781. The molecule has 1 aromatic rings. The number of hydrogen-bond donors (Lipinski definition) is 2. The monoisotopic (exact) mass is 246 g/mol. The van der Waals surface area contributed by atoms with Crippen molar-refractivity contribution < 1.29 is 0 Å². The SMILES string of the molecule is S=C1NCC(CC2CCc3ccccc3C2)N1. The Morgan fingerprint density at radius 3 is 2.82 bits per heavy atom. The molecule has 0 radical (unpaired) electrons. The molecule has 2 aliphatic rings. The molecule has 17 heavy (non-hydrogen) atoms. The summed E-state index contributed by atoms with van der Waals surface area (Å²) in [6, 6.07) is 9.41. The molecule has 2 nitrogen and oxygen atoms in total. The summed E-state index contributed by atoms with van der Waals surface area (Å²) >= 11 is 5.10. The van der Waals surface area contributed by atoms with E-state index in [0.717, 1.165) is 17.6 Å². The van der Waals surface area contributed by atoms with Crippen LogP contribution in [-0.2, 0) is 12.8 Å². The van der Waals surface area contributed by atoms with E-state index in [2.05, 4.69) is 34.9 Å². The van der Waals surface area contributed by atoms with E-state index < -0.39 is 0 Å². The lowest BCUT2D eigenvalue weighted by molar-refractivity contribution is 0.385. The second-order valence-corrected chi connectivity index (χ2v) is 5.57. The molecule has 1 fully saturated rings. The first-order valence-corrected chi connectivity index (χ1v) is 6.83. The second kappa shape index (κ2) is 4.65. The lowest BCUT2D eigenvalue weighted by atomic mass is 9.81. The third-order valence-electron chi connectivity index (χ3n) is 3.91. The van der Waals surface area contributed by atoms with E-state index in [0.29, 0.717) is 6.04 Å². The minimum absolute atomic E-state index is 0.540. The van der Waals surface area contributed by atoms with Gasteiger partial charge in [0.15, 0.2) is 5.11 Å². The van der Waals surface area contributed by atoms with Crippen LogP contribution in [-0.4, -0.2) is 17.7 Å². The van der Waals surface area contributed by atoms with Crippen LogP contribution in [0.4, 0.5) is 0 Å². The summed E-state index contributed by atoms with van der Waals surface area (Å²) in [5, 5.41) is 7.37. The van der Waals surface area contributed by atoms with E-state index in [-0.39, 0.29) is 0 Å². The predicted molar refractivity (Wildman–Crippen MR) is 74.1 cm³/mol. The van der Waals surface area contributed by atoms with Gasteiger partial charge in [-0.1, -0.05) is 24.3 Å². The van der Waals surface area contributed by atoms with Gasteiger partial charge < -0.3 is 10.6 Å². The Balaban J connectivity index is 1.62. The molecule has 2 unspecified atom stereocenters. The fourth-order valence-electron chi connectivity index (χ4n) is 3.02. The molecule has 1 heterocycles. The van der Waals surface area contributed by atoms with Gasteiger partial charge in [0, 0.05) is 12.6 Å². The zero-order valence-corrected chi connectivity index (χ0v) is 10.7. The van der Waals surface area contributed by atoms with Crippen LogP contribution in [0.3, 0.4) is 0 Å². The Kier molecular flexibility index (Phi) is 3.02. The highest BCUT2D eigenvalue weighted by Crippen LogP contribution is 2.28. The first-order chi connectivity index (χ1) is 8.31. The van der Waals surface area contributed by atoms with E-state index >= 15 is 0 Å². The fourth-order valence-corrected chi connectivity index (χ4v) is 3.27. The van der Waals surface area contributed by atoms with Gasteiger partial charge in [-0.25, -0.2) is 0 Å². The molecule has 1 aliphatic heterocycles. The van der Waals surface area contributed by atoms with Crippen molar-refractivity contribution in [1.29, 1.82) is 0 Å². The average molecular weight is 246 g/mol. The maximum atomic E-state index is 5.10. The van der Waals surface area contributed by atoms with Crippen LogP contribution in [0.1, 0.15) is 24.0 Å². The third-order valence-corrected chi connectivity index (χ3v) is 4.17. The highest BCUT2D eigenvalue weighted by molar-refractivity contribution is 7.80. The van der Waals surface area contributed by atoms with Crippen molar-refractivity contribution in [1.82, 2.24) is 10.6 Å². The molecule has 0 amide bonds. The van der Waals surface area contributed by atoms with E-state index in [1.807, 2.05) is 0 Å². The molecule has 0 saturated carbocycles. The number of thiocarbonyl (C=S) groups is 1. The first kappa shape index (κ1) is 11.0. The summed E-state index contributed by atoms with van der Waals surface area (Å²) in [6.45, 7) is 0.997. The van der Waals surface area contributed by atoms with Crippen LogP contribution in [0.15, 0.2) is 24.3 Å². The Labute approximate surface area is 108 Å². The smallest absolute Gasteiger partial charge is 0.166 e. The van der Waals surface area contributed by atoms with E-state index in [1.54, 1.807) is 11.1 Å². The molecule has 2 atom stereocenters. The van der Waals surface area contributed by atoms with Crippen LogP contribution < -0.4 is 10.6 Å². The Morgan fingerprint density at radius 1 is 1.24 bits per heavy atom. The van der Waals surface area contributed by atoms with Gasteiger partial charge in [-0.3, -0.25) is 0 Å². The molecule has 0 spiro atoms. The van der Waals surface area contributed by atoms with E-state index in [1.165, 1.54) is 25.7 Å². The van der Waals surface area contributed by atoms with Crippen LogP contribution >= 0.6 is 12.2 Å². The minimum atomic E-state index is 0.540. The molecule has 1 aliphatic carbocycles. The van der Waals surface area contributed by atoms with Gasteiger partial charge in [0.1, 0.15) is 0 Å². The molecule has 1 aromatic carbocycles. The molecule has 90 valence electrons. The van der Waals surface area contributed by atoms with Gasteiger partial charge >= 0.3 is 0 Å². The number of aryl methyl sites for hydroxylation is 1. The fraction of sp³-hybridized carbons (Fsp3) is 0.500. The number of benzene rings is 1. The van der Waals surface area contributed by atoms with Crippen molar-refractivity contribution in [2.24, 2.45) is 5.92 Å². The van der Waals surface area contributed by atoms with Gasteiger partial charge in [-0.15, -0.1) is 0 Å². The maximum absolute atomic E-state index is 5.10. The number of rotatable bonds is 2. The predicted octanol–water partition coefficient (Wildman–Crippen LogP) is 2.03. The van der Waals surface area contributed by atoms with Crippen molar-refractivity contribution in [2.75, 3.05) is 6.54 Å². The topological polar surface area (TPSA) is 24.1 Å². The highest BCUT2D eigenvalue weighted by Gasteiger charge is 2.24. The van der Waals surface area contributed by atoms with Crippen molar-refractivity contribution >= 4 is 17.3 Å². The van der Waals surface area contributed by atoms with Crippen LogP contribution in [0, 0.1) is 5.92 Å². The van der Waals surface area contributed by atoms with Gasteiger partial charge in [0.2, 0.25) is 0 Å². The lowest BCUT2D eigenvalue weighted by Gasteiger charge is -2.26. The summed E-state index contributed by atoms with van der Waals surface area (Å²) in [5.41, 5.74) is 3.11. The number of nitrogens with one attached hydrogen (secondary N) is 2. The minimum Gasteiger partial charge on any atom is -0.361 e. The Morgan fingerprint density at radius 2 is 2.06 bits per heavy atom. The molecular formula is C14H18N2S. The molecule has 3 heteroatoms. The van der Waals surface area contributed by atoms with Crippen molar-refractivity contribution in [2.45, 2.75) is 31.7 Å². The molecule has 1 saturated heterocycles. The van der Waals surface area contributed by atoms with Crippen molar-refractivity contribution in [3.05, 3.63) is 35.4 Å². The summed E-state index contributed by atoms with van der Waals surface area (Å²) in [5.74, 6) is 0.810. The summed E-state index contributed by atoms with van der Waals surface area (Å²) in [6.07, 6.45) is 5.04. The van der Waals surface area contributed by atoms with Crippen LogP contribution in [0.2, 0.25) is 0 Å². The highest BCUT2D eigenvalue weighted by atomic mass is 32.1. The lowest BCUT2D eigenvalue weighted by Crippen LogP contribution is -2.30. The molecular weight excluding hydrogens is 228 g/mol. The first-order valence-electron chi connectivity index (χ1n) is 6.42. The average Bonchev–Trinajstić information content (AvgIpc) is 2.75. The standard InChI is InChI=1S/C14H18N2S/c17-14-15-9-13(16-14)8-10-5-6-11-3-1-2-4-12(11)7-10/h1-4,10,13H,5-9H2,(H2,15,16,17). The largest absolute Gasteiger partial charge is 0.361 e. The van der Waals surface area contributed by atoms with Crippen molar-refractivity contribution in [3.63, 3.8) is 0 Å². The van der Waals surface area contributed by atoms with Gasteiger partial charge in [0.25, 0.3) is 0 Å². The maximum Gasteiger partial charge on any atom is 0.166 e. The van der Waals surface area contributed by atoms with Gasteiger partial charge in [-0.2, -0.15) is 0 Å². The number of fused-ring (bicyclic) bond motifs is 1. The third kappa shape index (κ3) is 2.44. The Bertz CT molecular complexity index is 430.